The Balaban J connectivity index is 1.79. The van der Waals surface area contributed by atoms with Crippen LogP contribution in [0.2, 0.25) is 0 Å². The number of hydrogen-bond acceptors (Lipinski definition) is 4. The third-order valence-electron chi connectivity index (χ3n) is 2.01. The molecule has 78 valence electrons. The van der Waals surface area contributed by atoms with Crippen LogP contribution in [-0.4, -0.2) is 28.9 Å². The molecule has 0 N–H and O–H groups in total. The van der Waals surface area contributed by atoms with Crippen molar-refractivity contribution in [2.45, 2.75) is 0 Å². The van der Waals surface area contributed by atoms with Crippen molar-refractivity contribution in [2.75, 3.05) is 11.5 Å². The van der Waals surface area contributed by atoms with Crippen molar-refractivity contribution in [1.29, 1.82) is 0 Å². The van der Waals surface area contributed by atoms with Crippen molar-refractivity contribution >= 4 is 62.1 Å². The summed E-state index contributed by atoms with van der Waals surface area (Å²) in [4.78, 5) is 0. The second kappa shape index (κ2) is 5.22. The fourth-order valence-corrected chi connectivity index (χ4v) is 28.1. The van der Waals surface area contributed by atoms with E-state index in [-0.39, 0.29) is 0 Å². The van der Waals surface area contributed by atoms with E-state index in [2.05, 4.69) is 71.6 Å². The molecule has 0 aromatic heterocycles. The maximum atomic E-state index is 2.32. The van der Waals surface area contributed by atoms with Crippen LogP contribution in [0.3, 0.4) is 0 Å². The number of thioether (sulfide) groups is 2. The molecule has 3 rings (SSSR count). The van der Waals surface area contributed by atoms with Gasteiger partial charge in [0.05, 0.1) is 0 Å². The summed E-state index contributed by atoms with van der Waals surface area (Å²) in [6, 6.07) is 11.1. The Labute approximate surface area is 111 Å². The van der Waals surface area contributed by atoms with Gasteiger partial charge in [0.15, 0.2) is 0 Å². The van der Waals surface area contributed by atoms with Gasteiger partial charge in [-0.3, -0.25) is 0 Å². The predicted molar refractivity (Wildman–Crippen MR) is 79.0 cm³/mol. The summed E-state index contributed by atoms with van der Waals surface area (Å²) in [7, 11) is 4.43. The molecule has 1 aromatic rings. The van der Waals surface area contributed by atoms with E-state index in [0.717, 1.165) is 0 Å². The third-order valence-corrected chi connectivity index (χ3v) is 22.9. The molecular weight excluding hydrogens is 370 g/mol. The molecule has 0 spiro atoms. The number of benzene rings is 1. The summed E-state index contributed by atoms with van der Waals surface area (Å²) in [6.07, 6.45) is 0. The van der Waals surface area contributed by atoms with Crippen LogP contribution in [0, 0.1) is 0 Å². The molecule has 0 unspecified atom stereocenters. The Morgan fingerprint density at radius 1 is 0.867 bits per heavy atom. The summed E-state index contributed by atoms with van der Waals surface area (Å²) in [5.41, 5.74) is 0. The van der Waals surface area contributed by atoms with E-state index >= 15 is 0 Å². The Hall–Kier alpha value is 1.18. The molecule has 0 amide bonds. The monoisotopic (exact) mass is 378 g/mol. The van der Waals surface area contributed by atoms with E-state index in [1.807, 2.05) is 0 Å². The molecule has 5 heteroatoms. The minimum absolute atomic E-state index is 1.29. The summed E-state index contributed by atoms with van der Waals surface area (Å²) in [6.45, 7) is 0. The van der Waals surface area contributed by atoms with Crippen LogP contribution in [0.5, 0.6) is 0 Å². The molecule has 0 saturated carbocycles. The second-order valence-electron chi connectivity index (χ2n) is 3.05. The molecule has 2 heterocycles. The molecule has 0 atom stereocenters. The summed E-state index contributed by atoms with van der Waals surface area (Å²) < 4.78 is 4.91. The zero-order valence-corrected chi connectivity index (χ0v) is 13.7. The SMILES string of the molecule is c1cc[c]([Sb]2[S]C3=C(SCCS3)[S]2)cc1. The van der Waals surface area contributed by atoms with Gasteiger partial charge in [-0.25, -0.2) is 0 Å². The molecule has 2 aliphatic heterocycles. The zero-order valence-electron chi connectivity index (χ0n) is 7.88. The van der Waals surface area contributed by atoms with Gasteiger partial charge in [0.1, 0.15) is 0 Å². The van der Waals surface area contributed by atoms with Gasteiger partial charge in [-0.15, -0.1) is 0 Å². The molecule has 1 aromatic carbocycles. The fraction of sp³-hybridized carbons (Fsp3) is 0.200. The first kappa shape index (κ1) is 11.3. The molecule has 0 aliphatic carbocycles. The fourth-order valence-electron chi connectivity index (χ4n) is 1.34. The van der Waals surface area contributed by atoms with Crippen molar-refractivity contribution in [3.63, 3.8) is 0 Å². The Morgan fingerprint density at radius 3 is 2.07 bits per heavy atom. The molecule has 0 nitrogen and oxygen atoms in total. The van der Waals surface area contributed by atoms with E-state index in [4.69, 9.17) is 0 Å². The topological polar surface area (TPSA) is 0 Å². The van der Waals surface area contributed by atoms with E-state index in [9.17, 15) is 0 Å². The molecule has 0 saturated heterocycles. The predicted octanol–water partition coefficient (Wildman–Crippen LogP) is 3.47. The first-order chi connectivity index (χ1) is 7.43. The molecule has 15 heavy (non-hydrogen) atoms. The van der Waals surface area contributed by atoms with Gasteiger partial charge in [0.2, 0.25) is 0 Å². The maximum absolute atomic E-state index is 2.32. The summed E-state index contributed by atoms with van der Waals surface area (Å²) >= 11 is 2.87. The summed E-state index contributed by atoms with van der Waals surface area (Å²) in [5, 5.41) is 0. The van der Waals surface area contributed by atoms with Gasteiger partial charge in [0.25, 0.3) is 0 Å². The van der Waals surface area contributed by atoms with Gasteiger partial charge in [-0.1, -0.05) is 0 Å². The van der Waals surface area contributed by atoms with Crippen LogP contribution in [0.1, 0.15) is 0 Å². The zero-order chi connectivity index (χ0) is 10.1. The number of rotatable bonds is 1. The van der Waals surface area contributed by atoms with E-state index in [1.165, 1.54) is 11.5 Å². The first-order valence-electron chi connectivity index (χ1n) is 4.64. The summed E-state index contributed by atoms with van der Waals surface area (Å²) in [5.74, 6) is 2.61. The minimum atomic E-state index is -1.29. The van der Waals surface area contributed by atoms with E-state index < -0.39 is 17.4 Å². The molecule has 2 aliphatic rings. The molecule has 0 bridgehead atoms. The first-order valence-corrected chi connectivity index (χ1v) is 15.7. The van der Waals surface area contributed by atoms with Crippen molar-refractivity contribution < 1.29 is 0 Å². The Kier molecular flexibility index (Phi) is 3.92. The average molecular weight is 379 g/mol. The van der Waals surface area contributed by atoms with Gasteiger partial charge >= 0.3 is 112 Å². The van der Waals surface area contributed by atoms with Crippen LogP contribution >= 0.6 is 41.2 Å². The molecule has 0 radical (unpaired) electrons. The van der Waals surface area contributed by atoms with Crippen LogP contribution in [-0.2, 0) is 0 Å². The van der Waals surface area contributed by atoms with Gasteiger partial charge in [0, 0.05) is 0 Å². The van der Waals surface area contributed by atoms with Gasteiger partial charge in [-0.2, -0.15) is 0 Å². The van der Waals surface area contributed by atoms with Gasteiger partial charge in [-0.05, 0) is 0 Å². The quantitative estimate of drug-likeness (QED) is 0.685. The van der Waals surface area contributed by atoms with E-state index in [1.54, 1.807) is 12.0 Å². The Morgan fingerprint density at radius 2 is 1.47 bits per heavy atom. The normalized spacial score (nSPS) is 21.9. The van der Waals surface area contributed by atoms with Gasteiger partial charge < -0.3 is 0 Å². The van der Waals surface area contributed by atoms with Crippen molar-refractivity contribution in [1.82, 2.24) is 0 Å². The van der Waals surface area contributed by atoms with Crippen molar-refractivity contribution in [3.8, 4) is 0 Å². The van der Waals surface area contributed by atoms with Crippen LogP contribution < -0.4 is 3.51 Å². The third kappa shape index (κ3) is 2.55. The van der Waals surface area contributed by atoms with Crippen molar-refractivity contribution in [3.05, 3.63) is 38.8 Å². The van der Waals surface area contributed by atoms with Crippen LogP contribution in [0.4, 0.5) is 0 Å². The molecule has 0 fully saturated rings. The number of hydrogen-bond donors (Lipinski definition) is 0. The van der Waals surface area contributed by atoms with E-state index in [0.29, 0.717) is 0 Å². The average Bonchev–Trinajstić information content (AvgIpc) is 2.74. The Bertz CT molecular complexity index is 372. The second-order valence-corrected chi connectivity index (χ2v) is 19.5. The van der Waals surface area contributed by atoms with Crippen LogP contribution in [0.15, 0.2) is 38.8 Å². The molecular formula is C10H9S4Sb. The van der Waals surface area contributed by atoms with Crippen LogP contribution in [0.25, 0.3) is 0 Å². The van der Waals surface area contributed by atoms with Crippen molar-refractivity contribution in [2.24, 2.45) is 0 Å². The standard InChI is InChI=1S/C6H5.C4H6S4.Sb/c1-2-4-6-5-3-1;5-3-4(6)8-2-1-7-3;/h1-5H;5-6H,1-2H2;/q;;+2/p-2.